The maximum absolute atomic E-state index is 12.1. The van der Waals surface area contributed by atoms with Gasteiger partial charge in [0, 0.05) is 13.8 Å². The molecule has 0 fully saturated rings. The molecule has 1 aromatic carbocycles. The zero-order valence-corrected chi connectivity index (χ0v) is 12.4. The molecular weight excluding hydrogens is 268 g/mol. The van der Waals surface area contributed by atoms with Gasteiger partial charge in [0.1, 0.15) is 11.3 Å². The van der Waals surface area contributed by atoms with Gasteiger partial charge in [0.25, 0.3) is 0 Å². The Hall–Kier alpha value is -1.42. The maximum Gasteiger partial charge on any atom is 0.349 e. The molecular formula is C14H17ClO4. The highest BCUT2D eigenvalue weighted by Crippen LogP contribution is 2.43. The summed E-state index contributed by atoms with van der Waals surface area (Å²) in [5, 5.41) is 0.410. The molecule has 0 aromatic heterocycles. The van der Waals surface area contributed by atoms with Crippen molar-refractivity contribution in [1.29, 1.82) is 0 Å². The fourth-order valence-corrected chi connectivity index (χ4v) is 2.11. The minimum absolute atomic E-state index is 0.105. The Morgan fingerprint density at radius 1 is 1.32 bits per heavy atom. The number of hydrogen-bond acceptors (Lipinski definition) is 4. The molecule has 0 saturated carbocycles. The molecule has 0 radical (unpaired) electrons. The first-order chi connectivity index (χ1) is 8.71. The van der Waals surface area contributed by atoms with E-state index >= 15 is 0 Å². The Morgan fingerprint density at radius 2 is 1.95 bits per heavy atom. The van der Waals surface area contributed by atoms with E-state index in [4.69, 9.17) is 25.8 Å². The normalized spacial score (nSPS) is 16.7. The fraction of sp³-hybridized carbons (Fsp3) is 0.500. The molecule has 2 rings (SSSR count). The van der Waals surface area contributed by atoms with Crippen molar-refractivity contribution in [1.82, 2.24) is 0 Å². The highest BCUT2D eigenvalue weighted by Gasteiger charge is 2.37. The first kappa shape index (κ1) is 14.0. The number of aryl methyl sites for hydroxylation is 1. The third-order valence-corrected chi connectivity index (χ3v) is 3.09. The number of esters is 1. The van der Waals surface area contributed by atoms with Crippen molar-refractivity contribution < 1.29 is 19.0 Å². The number of benzene rings is 1. The molecule has 104 valence electrons. The monoisotopic (exact) mass is 284 g/mol. The van der Waals surface area contributed by atoms with Crippen molar-refractivity contribution in [2.75, 3.05) is 0 Å². The lowest BCUT2D eigenvalue weighted by Gasteiger charge is -2.33. The van der Waals surface area contributed by atoms with Crippen LogP contribution in [-0.2, 0) is 4.74 Å². The van der Waals surface area contributed by atoms with Crippen molar-refractivity contribution in [3.05, 3.63) is 22.2 Å². The quantitative estimate of drug-likeness (QED) is 0.777. The van der Waals surface area contributed by atoms with Gasteiger partial charge in [-0.2, -0.15) is 0 Å². The van der Waals surface area contributed by atoms with Gasteiger partial charge >= 0.3 is 5.97 Å². The van der Waals surface area contributed by atoms with Crippen LogP contribution in [0.1, 0.15) is 43.6 Å². The van der Waals surface area contributed by atoms with E-state index in [2.05, 4.69) is 0 Å². The maximum atomic E-state index is 12.1. The zero-order valence-electron chi connectivity index (χ0n) is 11.7. The second kappa shape index (κ2) is 4.60. The van der Waals surface area contributed by atoms with Gasteiger partial charge < -0.3 is 14.2 Å². The third-order valence-electron chi connectivity index (χ3n) is 2.62. The summed E-state index contributed by atoms with van der Waals surface area (Å²) < 4.78 is 16.5. The Morgan fingerprint density at radius 3 is 2.53 bits per heavy atom. The van der Waals surface area contributed by atoms with Crippen LogP contribution in [0.2, 0.25) is 5.02 Å². The van der Waals surface area contributed by atoms with Gasteiger partial charge in [-0.15, -0.1) is 0 Å². The van der Waals surface area contributed by atoms with Crippen LogP contribution in [0.3, 0.4) is 0 Å². The molecule has 0 N–H and O–H groups in total. The van der Waals surface area contributed by atoms with Crippen molar-refractivity contribution in [2.24, 2.45) is 0 Å². The van der Waals surface area contributed by atoms with Crippen LogP contribution in [-0.4, -0.2) is 17.9 Å². The molecule has 5 heteroatoms. The summed E-state index contributed by atoms with van der Waals surface area (Å²) in [5.74, 6) is -0.700. The first-order valence-corrected chi connectivity index (χ1v) is 6.51. The SMILES string of the molecule is Cc1cc2c(c(OC(C)C)c1Cl)C(=O)OC(C)(C)O2. The summed E-state index contributed by atoms with van der Waals surface area (Å²) >= 11 is 6.22. The largest absolute Gasteiger partial charge is 0.488 e. The molecule has 1 aromatic rings. The molecule has 0 amide bonds. The number of hydrogen-bond donors (Lipinski definition) is 0. The van der Waals surface area contributed by atoms with Gasteiger partial charge in [0.05, 0.1) is 11.1 Å². The van der Waals surface area contributed by atoms with Crippen LogP contribution in [0.15, 0.2) is 6.07 Å². The lowest BCUT2D eigenvalue weighted by molar-refractivity contribution is -0.127. The minimum atomic E-state index is -0.987. The Bertz CT molecular complexity index is 535. The molecule has 0 spiro atoms. The fourth-order valence-electron chi connectivity index (χ4n) is 1.91. The van der Waals surface area contributed by atoms with Crippen molar-refractivity contribution >= 4 is 17.6 Å². The number of cyclic esters (lactones) is 1. The van der Waals surface area contributed by atoms with E-state index in [1.54, 1.807) is 19.9 Å². The van der Waals surface area contributed by atoms with E-state index in [1.165, 1.54) is 0 Å². The van der Waals surface area contributed by atoms with Gasteiger partial charge in [-0.25, -0.2) is 4.79 Å². The van der Waals surface area contributed by atoms with Crippen molar-refractivity contribution in [3.63, 3.8) is 0 Å². The van der Waals surface area contributed by atoms with Gasteiger partial charge in [-0.05, 0) is 32.4 Å². The molecule has 19 heavy (non-hydrogen) atoms. The van der Waals surface area contributed by atoms with Crippen LogP contribution < -0.4 is 9.47 Å². The molecule has 1 heterocycles. The highest BCUT2D eigenvalue weighted by molar-refractivity contribution is 6.33. The zero-order chi connectivity index (χ0) is 14.4. The van der Waals surface area contributed by atoms with E-state index in [1.807, 2.05) is 20.8 Å². The highest BCUT2D eigenvalue weighted by atomic mass is 35.5. The lowest BCUT2D eigenvalue weighted by atomic mass is 10.1. The summed E-state index contributed by atoms with van der Waals surface area (Å²) in [4.78, 5) is 12.1. The van der Waals surface area contributed by atoms with E-state index in [9.17, 15) is 4.79 Å². The van der Waals surface area contributed by atoms with Crippen LogP contribution in [0.4, 0.5) is 0 Å². The van der Waals surface area contributed by atoms with E-state index < -0.39 is 11.8 Å². The molecule has 0 unspecified atom stereocenters. The molecule has 0 atom stereocenters. The predicted octanol–water partition coefficient (Wildman–Crippen LogP) is 3.72. The van der Waals surface area contributed by atoms with Gasteiger partial charge in [-0.1, -0.05) is 11.6 Å². The number of ether oxygens (including phenoxy) is 3. The Labute approximate surface area is 117 Å². The van der Waals surface area contributed by atoms with Crippen LogP contribution in [0.25, 0.3) is 0 Å². The number of carbonyl (C=O) groups excluding carboxylic acids is 1. The minimum Gasteiger partial charge on any atom is -0.488 e. The smallest absolute Gasteiger partial charge is 0.349 e. The molecule has 1 aliphatic rings. The third kappa shape index (κ3) is 2.63. The average Bonchev–Trinajstić information content (AvgIpc) is 2.21. The number of carbonyl (C=O) groups is 1. The van der Waals surface area contributed by atoms with Gasteiger partial charge in [0.15, 0.2) is 5.75 Å². The summed E-state index contributed by atoms with van der Waals surface area (Å²) in [5.41, 5.74) is 1.05. The predicted molar refractivity (Wildman–Crippen MR) is 72.1 cm³/mol. The number of rotatable bonds is 2. The van der Waals surface area contributed by atoms with Gasteiger partial charge in [0.2, 0.25) is 5.79 Å². The van der Waals surface area contributed by atoms with Crippen molar-refractivity contribution in [2.45, 2.75) is 46.5 Å². The summed E-state index contributed by atoms with van der Waals surface area (Å²) in [6.07, 6.45) is -0.105. The topological polar surface area (TPSA) is 44.8 Å². The summed E-state index contributed by atoms with van der Waals surface area (Å²) in [6.45, 7) is 8.93. The standard InChI is InChI=1S/C14H17ClO4/c1-7(2)17-12-10-9(6-8(3)11(12)15)18-14(4,5)19-13(10)16/h6-7H,1-5H3. The van der Waals surface area contributed by atoms with E-state index in [-0.39, 0.29) is 11.7 Å². The summed E-state index contributed by atoms with van der Waals surface area (Å²) in [6, 6.07) is 1.73. The van der Waals surface area contributed by atoms with Crippen LogP contribution >= 0.6 is 11.6 Å². The van der Waals surface area contributed by atoms with E-state index in [0.29, 0.717) is 16.5 Å². The summed E-state index contributed by atoms with van der Waals surface area (Å²) in [7, 11) is 0. The molecule has 0 bridgehead atoms. The second-order valence-corrected chi connectivity index (χ2v) is 5.65. The lowest BCUT2D eigenvalue weighted by Crippen LogP contribution is -2.39. The Balaban J connectivity index is 2.62. The first-order valence-electron chi connectivity index (χ1n) is 6.13. The average molecular weight is 285 g/mol. The molecule has 0 aliphatic carbocycles. The molecule has 0 saturated heterocycles. The van der Waals surface area contributed by atoms with Crippen LogP contribution in [0.5, 0.6) is 11.5 Å². The van der Waals surface area contributed by atoms with Crippen molar-refractivity contribution in [3.8, 4) is 11.5 Å². The van der Waals surface area contributed by atoms with Gasteiger partial charge in [-0.3, -0.25) is 0 Å². The second-order valence-electron chi connectivity index (χ2n) is 5.27. The number of fused-ring (bicyclic) bond motifs is 1. The van der Waals surface area contributed by atoms with Crippen LogP contribution in [0, 0.1) is 6.92 Å². The molecule has 1 aliphatic heterocycles. The molecule has 4 nitrogen and oxygen atoms in total. The van der Waals surface area contributed by atoms with E-state index in [0.717, 1.165) is 5.56 Å². The Kier molecular flexibility index (Phi) is 3.39. The number of halogens is 1.